The molecule has 1 amide bonds. The van der Waals surface area contributed by atoms with E-state index in [0.717, 1.165) is 5.56 Å². The molecule has 0 aliphatic carbocycles. The number of hydrogen-bond donors (Lipinski definition) is 1. The van der Waals surface area contributed by atoms with E-state index in [2.05, 4.69) is 4.98 Å². The van der Waals surface area contributed by atoms with Gasteiger partial charge in [0.25, 0.3) is 11.7 Å². The van der Waals surface area contributed by atoms with Gasteiger partial charge in [-0.2, -0.15) is 0 Å². The molecule has 3 aromatic rings. The van der Waals surface area contributed by atoms with Crippen molar-refractivity contribution in [2.45, 2.75) is 12.6 Å². The van der Waals surface area contributed by atoms with Gasteiger partial charge in [0.15, 0.2) is 0 Å². The molecular formula is C23H17Cl3N2O3. The lowest BCUT2D eigenvalue weighted by Gasteiger charge is -2.25. The van der Waals surface area contributed by atoms with Gasteiger partial charge in [-0.1, -0.05) is 41.4 Å². The number of halogens is 3. The van der Waals surface area contributed by atoms with Gasteiger partial charge in [-0.3, -0.25) is 14.6 Å². The van der Waals surface area contributed by atoms with Gasteiger partial charge in [-0.05, 0) is 53.6 Å². The van der Waals surface area contributed by atoms with Crippen molar-refractivity contribution in [2.75, 3.05) is 0 Å². The van der Waals surface area contributed by atoms with Gasteiger partial charge in [-0.15, -0.1) is 12.4 Å². The van der Waals surface area contributed by atoms with Gasteiger partial charge in [0.2, 0.25) is 0 Å². The van der Waals surface area contributed by atoms with Gasteiger partial charge < -0.3 is 10.0 Å². The number of carbonyl (C=O) groups is 2. The minimum Gasteiger partial charge on any atom is -0.507 e. The van der Waals surface area contributed by atoms with Crippen LogP contribution in [0.2, 0.25) is 10.0 Å². The summed E-state index contributed by atoms with van der Waals surface area (Å²) in [7, 11) is 0. The number of Topliss-reactive ketones (excluding diaryl/α,β-unsaturated/α-hetero) is 1. The van der Waals surface area contributed by atoms with Crippen LogP contribution in [0.15, 0.2) is 78.6 Å². The number of benzene rings is 2. The first-order chi connectivity index (χ1) is 14.5. The Bertz CT molecular complexity index is 1130. The maximum absolute atomic E-state index is 13.0. The Morgan fingerprint density at radius 2 is 1.58 bits per heavy atom. The minimum absolute atomic E-state index is 0. The number of rotatable bonds is 4. The Labute approximate surface area is 195 Å². The lowest BCUT2D eigenvalue weighted by Crippen LogP contribution is -2.29. The Balaban J connectivity index is 0.00000272. The molecule has 1 fully saturated rings. The largest absolute Gasteiger partial charge is 0.507 e. The second-order valence-electron chi connectivity index (χ2n) is 6.85. The van der Waals surface area contributed by atoms with Crippen LogP contribution in [0.3, 0.4) is 0 Å². The molecule has 1 saturated heterocycles. The second-order valence-corrected chi connectivity index (χ2v) is 7.72. The summed E-state index contributed by atoms with van der Waals surface area (Å²) in [5, 5.41) is 12.0. The molecule has 1 N–H and O–H groups in total. The first-order valence-electron chi connectivity index (χ1n) is 9.14. The Morgan fingerprint density at radius 1 is 0.968 bits per heavy atom. The summed E-state index contributed by atoms with van der Waals surface area (Å²) in [6.07, 6.45) is 3.27. The second kappa shape index (κ2) is 9.52. The molecule has 1 aliphatic heterocycles. The molecule has 0 bridgehead atoms. The van der Waals surface area contributed by atoms with Crippen LogP contribution in [0.1, 0.15) is 22.7 Å². The number of amides is 1. The maximum atomic E-state index is 13.0. The molecule has 4 rings (SSSR count). The topological polar surface area (TPSA) is 70.5 Å². The molecule has 8 heteroatoms. The molecule has 1 atom stereocenters. The third kappa shape index (κ3) is 4.59. The predicted octanol–water partition coefficient (Wildman–Crippen LogP) is 5.43. The van der Waals surface area contributed by atoms with Crippen LogP contribution in [0.5, 0.6) is 0 Å². The molecule has 1 unspecified atom stereocenters. The summed E-state index contributed by atoms with van der Waals surface area (Å²) in [5.41, 5.74) is 1.86. The summed E-state index contributed by atoms with van der Waals surface area (Å²) >= 11 is 12.0. The molecule has 5 nitrogen and oxygen atoms in total. The highest BCUT2D eigenvalue weighted by Gasteiger charge is 2.46. The number of nitrogens with zero attached hydrogens (tertiary/aromatic N) is 2. The van der Waals surface area contributed by atoms with Gasteiger partial charge in [0.1, 0.15) is 5.76 Å². The van der Waals surface area contributed by atoms with Crippen molar-refractivity contribution in [3.8, 4) is 0 Å². The molecule has 31 heavy (non-hydrogen) atoms. The number of hydrogen-bond acceptors (Lipinski definition) is 4. The zero-order chi connectivity index (χ0) is 21.3. The predicted molar refractivity (Wildman–Crippen MR) is 122 cm³/mol. The zero-order valence-corrected chi connectivity index (χ0v) is 18.4. The van der Waals surface area contributed by atoms with Crippen LogP contribution in [0.4, 0.5) is 0 Å². The fourth-order valence-electron chi connectivity index (χ4n) is 3.49. The number of ketones is 1. The van der Waals surface area contributed by atoms with Gasteiger partial charge in [0, 0.05) is 34.5 Å². The van der Waals surface area contributed by atoms with Crippen molar-refractivity contribution in [3.05, 3.63) is 105 Å². The molecule has 0 saturated carbocycles. The summed E-state index contributed by atoms with van der Waals surface area (Å²) < 4.78 is 0. The number of aliphatic hydroxyl groups excluding tert-OH is 1. The first kappa shape index (κ1) is 22.8. The van der Waals surface area contributed by atoms with E-state index >= 15 is 0 Å². The van der Waals surface area contributed by atoms with E-state index in [4.69, 9.17) is 23.2 Å². The minimum atomic E-state index is -0.766. The van der Waals surface area contributed by atoms with Crippen LogP contribution >= 0.6 is 35.6 Å². The number of carbonyl (C=O) groups excluding carboxylic acids is 2. The van der Waals surface area contributed by atoms with Crippen molar-refractivity contribution in [3.63, 3.8) is 0 Å². The Hall–Kier alpha value is -2.86. The number of aromatic nitrogens is 1. The molecule has 0 spiro atoms. The molecular weight excluding hydrogens is 459 g/mol. The van der Waals surface area contributed by atoms with E-state index < -0.39 is 17.7 Å². The highest BCUT2D eigenvalue weighted by Crippen LogP contribution is 2.40. The van der Waals surface area contributed by atoms with Gasteiger partial charge in [-0.25, -0.2) is 0 Å². The molecule has 2 heterocycles. The Kier molecular flexibility index (Phi) is 7.01. The average molecular weight is 476 g/mol. The third-order valence-electron chi connectivity index (χ3n) is 4.92. The van der Waals surface area contributed by atoms with Crippen molar-refractivity contribution in [1.82, 2.24) is 9.88 Å². The monoisotopic (exact) mass is 474 g/mol. The highest BCUT2D eigenvalue weighted by atomic mass is 35.5. The maximum Gasteiger partial charge on any atom is 0.295 e. The average Bonchev–Trinajstić information content (AvgIpc) is 3.00. The van der Waals surface area contributed by atoms with Crippen LogP contribution in [0, 0.1) is 0 Å². The van der Waals surface area contributed by atoms with Crippen LogP contribution in [-0.4, -0.2) is 26.7 Å². The molecule has 1 aromatic heterocycles. The van der Waals surface area contributed by atoms with Crippen LogP contribution in [-0.2, 0) is 16.1 Å². The number of aliphatic hydroxyl groups is 1. The Morgan fingerprint density at radius 3 is 2.16 bits per heavy atom. The fourth-order valence-corrected chi connectivity index (χ4v) is 3.74. The molecule has 0 radical (unpaired) electrons. The number of pyridine rings is 1. The van der Waals surface area contributed by atoms with E-state index in [1.165, 1.54) is 4.90 Å². The van der Waals surface area contributed by atoms with Crippen LogP contribution < -0.4 is 0 Å². The summed E-state index contributed by atoms with van der Waals surface area (Å²) in [6, 6.07) is 16.1. The molecule has 158 valence electrons. The smallest absolute Gasteiger partial charge is 0.295 e. The van der Waals surface area contributed by atoms with E-state index in [-0.39, 0.29) is 30.3 Å². The lowest BCUT2D eigenvalue weighted by atomic mass is 9.95. The third-order valence-corrected chi connectivity index (χ3v) is 5.42. The fraction of sp³-hybridized carbons (Fsp3) is 0.0870. The SMILES string of the molecule is Cl.O=C1C(=O)N(Cc2cccnc2)C(c2ccc(Cl)cc2)C1=C(O)c1ccc(Cl)cc1. The standard InChI is InChI=1S/C23H16Cl2N2O3.ClH/c24-17-7-3-15(4-8-17)20-19(21(28)16-5-9-18(25)10-6-16)22(29)23(30)27(20)13-14-2-1-11-26-12-14;/h1-12,20,28H,13H2;1H. The summed E-state index contributed by atoms with van der Waals surface area (Å²) in [4.78, 5) is 31.4. The van der Waals surface area contributed by atoms with Crippen molar-refractivity contribution < 1.29 is 14.7 Å². The van der Waals surface area contributed by atoms with Crippen molar-refractivity contribution in [1.29, 1.82) is 0 Å². The number of likely N-dealkylation sites (tertiary alicyclic amines) is 1. The first-order valence-corrected chi connectivity index (χ1v) is 9.90. The van der Waals surface area contributed by atoms with Gasteiger partial charge in [0.05, 0.1) is 11.6 Å². The highest BCUT2D eigenvalue weighted by molar-refractivity contribution is 6.46. The van der Waals surface area contributed by atoms with E-state index in [1.807, 2.05) is 6.07 Å². The molecule has 1 aliphatic rings. The van der Waals surface area contributed by atoms with E-state index in [9.17, 15) is 14.7 Å². The summed E-state index contributed by atoms with van der Waals surface area (Å²) in [6.45, 7) is 0.170. The van der Waals surface area contributed by atoms with Gasteiger partial charge >= 0.3 is 0 Å². The van der Waals surface area contributed by atoms with E-state index in [1.54, 1.807) is 67.0 Å². The quantitative estimate of drug-likeness (QED) is 0.310. The lowest BCUT2D eigenvalue weighted by molar-refractivity contribution is -0.140. The summed E-state index contributed by atoms with van der Waals surface area (Å²) in [5.74, 6) is -1.68. The zero-order valence-electron chi connectivity index (χ0n) is 16.0. The normalized spacial score (nSPS) is 17.5. The molecule has 2 aromatic carbocycles. The van der Waals surface area contributed by atoms with Crippen LogP contribution in [0.25, 0.3) is 5.76 Å². The van der Waals surface area contributed by atoms with Crippen molar-refractivity contribution >= 4 is 53.1 Å². The van der Waals surface area contributed by atoms with E-state index in [0.29, 0.717) is 21.2 Å². The van der Waals surface area contributed by atoms with Crippen molar-refractivity contribution in [2.24, 2.45) is 0 Å².